The first-order chi connectivity index (χ1) is 17.7. The first kappa shape index (κ1) is 27.6. The van der Waals surface area contributed by atoms with E-state index in [1.165, 1.54) is 20.3 Å². The quantitative estimate of drug-likeness (QED) is 0.248. The van der Waals surface area contributed by atoms with Gasteiger partial charge in [0.05, 0.1) is 37.4 Å². The van der Waals surface area contributed by atoms with E-state index in [0.717, 1.165) is 12.1 Å². The summed E-state index contributed by atoms with van der Waals surface area (Å²) in [6, 6.07) is 6.03. The summed E-state index contributed by atoms with van der Waals surface area (Å²) in [6.45, 7) is 3.46. The fourth-order valence-corrected chi connectivity index (χ4v) is 4.84. The maximum Gasteiger partial charge on any atom is 0.416 e. The topological polar surface area (TPSA) is 91.5 Å². The predicted octanol–water partition coefficient (Wildman–Crippen LogP) is 6.16. The Morgan fingerprint density at radius 2 is 1.74 bits per heavy atom. The van der Waals surface area contributed by atoms with Gasteiger partial charge in [-0.25, -0.2) is 18.7 Å². The molecule has 1 aliphatic rings. The van der Waals surface area contributed by atoms with Gasteiger partial charge in [-0.2, -0.15) is 13.2 Å². The van der Waals surface area contributed by atoms with Crippen molar-refractivity contribution in [2.45, 2.75) is 44.8 Å². The number of halogens is 5. The van der Waals surface area contributed by atoms with Crippen LogP contribution in [0.2, 0.25) is 0 Å². The number of nitrogens with one attached hydrogen (secondary N) is 1. The number of benzene rings is 2. The van der Waals surface area contributed by atoms with E-state index >= 15 is 0 Å². The van der Waals surface area contributed by atoms with Gasteiger partial charge >= 0.3 is 6.18 Å². The van der Waals surface area contributed by atoms with Crippen molar-refractivity contribution >= 4 is 22.4 Å². The number of aromatic nitrogens is 2. The van der Waals surface area contributed by atoms with E-state index in [-0.39, 0.29) is 37.5 Å². The van der Waals surface area contributed by atoms with E-state index in [2.05, 4.69) is 15.3 Å². The number of hydrogen-bond acceptors (Lipinski definition) is 7. The lowest BCUT2D eigenvalue weighted by Crippen LogP contribution is -2.52. The monoisotopic (exact) mass is 540 g/mol. The summed E-state index contributed by atoms with van der Waals surface area (Å²) in [5.41, 5.74) is 4.86. The molecule has 1 aromatic heterocycles. The van der Waals surface area contributed by atoms with Gasteiger partial charge < -0.3 is 25.3 Å². The first-order valence-electron chi connectivity index (χ1n) is 11.8. The zero-order valence-corrected chi connectivity index (χ0v) is 21.4. The largest absolute Gasteiger partial charge is 0.493 e. The normalized spacial score (nSPS) is 17.1. The number of anilines is 2. The van der Waals surface area contributed by atoms with Crippen molar-refractivity contribution in [2.75, 3.05) is 38.5 Å². The maximum atomic E-state index is 13.7. The number of alkyl halides is 5. The standard InChI is InChI=1S/C26H29F5N4O3/c1-14(16-5-17(26(29,30)31)7-18(32)6-16)33-23-19-8-22(21(37-4)9-20(19)34-15(2)35-23)38-13-24(12-36-3)10-25(27,28)11-24/h5-9,14H,10-13,32H2,1-4H3,(H,33,34,35)/t14-/m1/s1. The Bertz CT molecular complexity index is 1320. The fraction of sp³-hybridized carbons (Fsp3) is 0.462. The van der Waals surface area contributed by atoms with Gasteiger partial charge in [0.1, 0.15) is 11.6 Å². The molecule has 0 spiro atoms. The molecule has 38 heavy (non-hydrogen) atoms. The van der Waals surface area contributed by atoms with Gasteiger partial charge in [-0.05, 0) is 43.7 Å². The van der Waals surface area contributed by atoms with Crippen molar-refractivity contribution in [3.8, 4) is 11.5 Å². The minimum Gasteiger partial charge on any atom is -0.493 e. The van der Waals surface area contributed by atoms with Crippen LogP contribution < -0.4 is 20.5 Å². The van der Waals surface area contributed by atoms with Gasteiger partial charge in [-0.15, -0.1) is 0 Å². The molecular formula is C26H29F5N4O3. The van der Waals surface area contributed by atoms with Gasteiger partial charge in [0.25, 0.3) is 0 Å². The van der Waals surface area contributed by atoms with Crippen molar-refractivity contribution in [1.29, 1.82) is 0 Å². The molecule has 0 unspecified atom stereocenters. The zero-order chi connectivity index (χ0) is 27.9. The number of nitrogen functional groups attached to an aromatic ring is 1. The molecule has 1 aliphatic carbocycles. The van der Waals surface area contributed by atoms with E-state index in [9.17, 15) is 22.0 Å². The fourth-order valence-electron chi connectivity index (χ4n) is 4.84. The Labute approximate surface area is 216 Å². The maximum absolute atomic E-state index is 13.7. The summed E-state index contributed by atoms with van der Waals surface area (Å²) in [6.07, 6.45) is -5.25. The molecule has 0 amide bonds. The minimum absolute atomic E-state index is 0.0146. The molecule has 0 saturated heterocycles. The highest BCUT2D eigenvalue weighted by molar-refractivity contribution is 5.92. The van der Waals surface area contributed by atoms with Gasteiger partial charge in [-0.1, -0.05) is 0 Å². The highest BCUT2D eigenvalue weighted by Gasteiger charge is 2.57. The van der Waals surface area contributed by atoms with Crippen LogP contribution in [0.3, 0.4) is 0 Å². The lowest BCUT2D eigenvalue weighted by atomic mass is 9.67. The second kappa shape index (κ2) is 10.0. The van der Waals surface area contributed by atoms with Crippen LogP contribution in [0.25, 0.3) is 10.9 Å². The summed E-state index contributed by atoms with van der Waals surface area (Å²) in [4.78, 5) is 8.89. The summed E-state index contributed by atoms with van der Waals surface area (Å²) >= 11 is 0. The molecule has 12 heteroatoms. The summed E-state index contributed by atoms with van der Waals surface area (Å²) in [5.74, 6) is -1.36. The van der Waals surface area contributed by atoms with Crippen LogP contribution in [0, 0.1) is 12.3 Å². The van der Waals surface area contributed by atoms with E-state index in [4.69, 9.17) is 19.9 Å². The van der Waals surface area contributed by atoms with E-state index in [0.29, 0.717) is 33.9 Å². The molecule has 3 N–H and O–H groups in total. The highest BCUT2D eigenvalue weighted by Crippen LogP contribution is 2.52. The van der Waals surface area contributed by atoms with Gasteiger partial charge in [0.15, 0.2) is 11.5 Å². The van der Waals surface area contributed by atoms with Crippen LogP contribution in [0.1, 0.15) is 42.8 Å². The number of methoxy groups -OCH3 is 2. The third kappa shape index (κ3) is 5.85. The van der Waals surface area contributed by atoms with Crippen molar-refractivity contribution < 1.29 is 36.2 Å². The number of rotatable bonds is 9. The Kier molecular flexibility index (Phi) is 7.30. The van der Waals surface area contributed by atoms with Crippen LogP contribution in [0.15, 0.2) is 30.3 Å². The molecule has 0 radical (unpaired) electrons. The molecule has 7 nitrogen and oxygen atoms in total. The van der Waals surface area contributed by atoms with Gasteiger partial charge in [0, 0.05) is 42.5 Å². The van der Waals surface area contributed by atoms with E-state index in [1.807, 2.05) is 0 Å². The molecule has 0 aliphatic heterocycles. The van der Waals surface area contributed by atoms with Crippen molar-refractivity contribution in [3.63, 3.8) is 0 Å². The molecule has 1 fully saturated rings. The third-order valence-corrected chi connectivity index (χ3v) is 6.50. The molecule has 3 aromatic rings. The number of nitrogens with zero attached hydrogens (tertiary/aromatic N) is 2. The van der Waals surface area contributed by atoms with Crippen molar-refractivity contribution in [3.05, 3.63) is 47.3 Å². The van der Waals surface area contributed by atoms with Crippen LogP contribution >= 0.6 is 0 Å². The van der Waals surface area contributed by atoms with Crippen molar-refractivity contribution in [2.24, 2.45) is 5.41 Å². The molecular weight excluding hydrogens is 511 g/mol. The summed E-state index contributed by atoms with van der Waals surface area (Å²) in [5, 5.41) is 3.66. The third-order valence-electron chi connectivity index (χ3n) is 6.50. The Morgan fingerprint density at radius 1 is 1.03 bits per heavy atom. The van der Waals surface area contributed by atoms with Crippen LogP contribution in [-0.4, -0.2) is 43.3 Å². The molecule has 1 heterocycles. The second-order valence-electron chi connectivity index (χ2n) is 9.82. The number of fused-ring (bicyclic) bond motifs is 1. The Hall–Kier alpha value is -3.41. The SMILES string of the molecule is COCC1(COc2cc3c(N[C@H](C)c4cc(N)cc(C(F)(F)F)c4)nc(C)nc3cc2OC)CC(F)(F)C1. The zero-order valence-electron chi connectivity index (χ0n) is 21.4. The highest BCUT2D eigenvalue weighted by atomic mass is 19.4. The predicted molar refractivity (Wildman–Crippen MR) is 133 cm³/mol. The number of nitrogens with two attached hydrogens (primary N) is 1. The number of ether oxygens (including phenoxy) is 3. The van der Waals surface area contributed by atoms with Crippen LogP contribution in [0.4, 0.5) is 33.5 Å². The van der Waals surface area contributed by atoms with Gasteiger partial charge in [-0.3, -0.25) is 0 Å². The van der Waals surface area contributed by atoms with E-state index < -0.39 is 29.1 Å². The Balaban J connectivity index is 1.66. The van der Waals surface area contributed by atoms with Crippen LogP contribution in [-0.2, 0) is 10.9 Å². The lowest BCUT2D eigenvalue weighted by molar-refractivity contribution is -0.190. The second-order valence-corrected chi connectivity index (χ2v) is 9.82. The number of hydrogen-bond donors (Lipinski definition) is 2. The average Bonchev–Trinajstić information content (AvgIpc) is 2.80. The van der Waals surface area contributed by atoms with Gasteiger partial charge in [0.2, 0.25) is 5.92 Å². The first-order valence-corrected chi connectivity index (χ1v) is 11.8. The number of aryl methyl sites for hydroxylation is 1. The molecule has 1 saturated carbocycles. The van der Waals surface area contributed by atoms with E-state index in [1.54, 1.807) is 26.0 Å². The average molecular weight is 541 g/mol. The Morgan fingerprint density at radius 3 is 2.34 bits per heavy atom. The molecule has 0 bridgehead atoms. The van der Waals surface area contributed by atoms with Crippen molar-refractivity contribution in [1.82, 2.24) is 9.97 Å². The summed E-state index contributed by atoms with van der Waals surface area (Å²) in [7, 11) is 2.90. The van der Waals surface area contributed by atoms with Crippen LogP contribution in [0.5, 0.6) is 11.5 Å². The summed E-state index contributed by atoms with van der Waals surface area (Å²) < 4.78 is 83.9. The molecule has 206 valence electrons. The lowest BCUT2D eigenvalue weighted by Gasteiger charge is -2.46. The smallest absolute Gasteiger partial charge is 0.416 e. The molecule has 4 rings (SSSR count). The molecule has 1 atom stereocenters. The minimum atomic E-state index is -4.55. The molecule has 2 aromatic carbocycles.